The number of hydrogen-bond donors (Lipinski definition) is 0. The van der Waals surface area contributed by atoms with Crippen LogP contribution in [0.25, 0.3) is 21.8 Å². The van der Waals surface area contributed by atoms with Crippen LogP contribution >= 0.6 is 0 Å². The summed E-state index contributed by atoms with van der Waals surface area (Å²) < 4.78 is 9.63. The van der Waals surface area contributed by atoms with Crippen molar-refractivity contribution in [2.45, 2.75) is 19.9 Å². The number of aryl methyl sites for hydroxylation is 3. The highest BCUT2D eigenvalue weighted by atomic mass is 16.5. The Morgan fingerprint density at radius 2 is 1.65 bits per heavy atom. The molecule has 0 radical (unpaired) electrons. The van der Waals surface area contributed by atoms with Crippen molar-refractivity contribution in [3.8, 4) is 5.75 Å². The lowest BCUT2D eigenvalue weighted by molar-refractivity contribution is 0.200. The fraction of sp³-hybridized carbons (Fsp3) is 0.400. The number of rotatable bonds is 2. The van der Waals surface area contributed by atoms with E-state index in [1.165, 1.54) is 0 Å². The molecule has 6 heteroatoms. The van der Waals surface area contributed by atoms with Crippen molar-refractivity contribution in [1.29, 1.82) is 0 Å². The number of nitrogens with zero attached hydrogens (tertiary/aromatic N) is 3. The lowest BCUT2D eigenvalue weighted by Crippen LogP contribution is -2.38. The fourth-order valence-electron chi connectivity index (χ4n) is 4.03. The van der Waals surface area contributed by atoms with E-state index in [0.29, 0.717) is 18.9 Å². The van der Waals surface area contributed by atoms with Gasteiger partial charge in [-0.1, -0.05) is 0 Å². The zero-order chi connectivity index (χ0) is 18.7. The summed E-state index contributed by atoms with van der Waals surface area (Å²) in [6.45, 7) is 5.00. The molecule has 3 aromatic rings. The van der Waals surface area contributed by atoms with Crippen molar-refractivity contribution >= 4 is 21.8 Å². The summed E-state index contributed by atoms with van der Waals surface area (Å²) in [5, 5.41) is 1.98. The third-order valence-electron chi connectivity index (χ3n) is 5.26. The molecule has 0 aliphatic carbocycles. The molecule has 0 N–H and O–H groups in total. The van der Waals surface area contributed by atoms with Crippen LogP contribution in [0.5, 0.6) is 5.75 Å². The Morgan fingerprint density at radius 1 is 1.04 bits per heavy atom. The highest BCUT2D eigenvalue weighted by Crippen LogP contribution is 2.39. The number of hydrogen-bond acceptors (Lipinski definition) is 4. The largest absolute Gasteiger partial charge is 0.487 e. The Balaban J connectivity index is 2.23. The first kappa shape index (κ1) is 16.8. The minimum atomic E-state index is -0.0776. The smallest absolute Gasteiger partial charge is 0.251 e. The van der Waals surface area contributed by atoms with Gasteiger partial charge >= 0.3 is 0 Å². The van der Waals surface area contributed by atoms with Crippen molar-refractivity contribution in [2.75, 3.05) is 27.2 Å². The predicted octanol–water partition coefficient (Wildman–Crippen LogP) is 1.97. The SMILES string of the molecule is Cc1cc(=O)n(C)c2c3c4c(cc12)c(C)cc(=O)n4C(CN(C)C)CO3. The molecule has 3 heterocycles. The molecular weight excluding hydrogens is 330 g/mol. The Hall–Kier alpha value is -2.60. The highest BCUT2D eigenvalue weighted by Gasteiger charge is 2.28. The van der Waals surface area contributed by atoms with Gasteiger partial charge in [-0.05, 0) is 45.1 Å². The van der Waals surface area contributed by atoms with E-state index in [4.69, 9.17) is 4.74 Å². The van der Waals surface area contributed by atoms with Crippen molar-refractivity contribution in [1.82, 2.24) is 14.0 Å². The van der Waals surface area contributed by atoms with Gasteiger partial charge in [-0.3, -0.25) is 14.2 Å². The number of likely N-dealkylation sites (N-methyl/N-ethyl adjacent to an activating group) is 1. The third kappa shape index (κ3) is 2.29. The van der Waals surface area contributed by atoms with Crippen LogP contribution in [-0.2, 0) is 7.05 Å². The number of ether oxygens (including phenoxy) is 1. The van der Waals surface area contributed by atoms with Crippen LogP contribution < -0.4 is 15.9 Å². The van der Waals surface area contributed by atoms with Crippen LogP contribution in [0.15, 0.2) is 27.8 Å². The molecule has 1 unspecified atom stereocenters. The van der Waals surface area contributed by atoms with Crippen LogP contribution in [0.4, 0.5) is 0 Å². The van der Waals surface area contributed by atoms with Gasteiger partial charge in [0.2, 0.25) is 0 Å². The van der Waals surface area contributed by atoms with Crippen molar-refractivity contribution < 1.29 is 4.74 Å². The van der Waals surface area contributed by atoms with Gasteiger partial charge in [0.1, 0.15) is 6.61 Å². The van der Waals surface area contributed by atoms with E-state index in [-0.39, 0.29) is 17.2 Å². The zero-order valence-electron chi connectivity index (χ0n) is 15.8. The van der Waals surface area contributed by atoms with Crippen LogP contribution in [0, 0.1) is 13.8 Å². The Labute approximate surface area is 151 Å². The third-order valence-corrected chi connectivity index (χ3v) is 5.26. The first-order valence-electron chi connectivity index (χ1n) is 8.76. The maximum Gasteiger partial charge on any atom is 0.251 e. The quantitative estimate of drug-likeness (QED) is 0.661. The molecule has 0 fully saturated rings. The molecule has 0 amide bonds. The summed E-state index contributed by atoms with van der Waals surface area (Å²) in [5.74, 6) is 0.636. The first-order valence-corrected chi connectivity index (χ1v) is 8.76. The molecule has 0 spiro atoms. The topological polar surface area (TPSA) is 56.5 Å². The summed E-state index contributed by atoms with van der Waals surface area (Å²) in [6, 6.07) is 5.36. The van der Waals surface area contributed by atoms with Gasteiger partial charge in [0.25, 0.3) is 11.1 Å². The second-order valence-electron chi connectivity index (χ2n) is 7.49. The number of pyridine rings is 2. The molecule has 1 atom stereocenters. The molecule has 0 bridgehead atoms. The van der Waals surface area contributed by atoms with Crippen molar-refractivity contribution in [3.63, 3.8) is 0 Å². The standard InChI is InChI=1S/C20H23N3O3/c1-11-6-16(24)22(5)18-14(11)8-15-12(2)7-17(25)23-13(9-21(3)4)10-26-20(18)19(15)23/h6-8,13H,9-10H2,1-5H3. The molecule has 6 nitrogen and oxygen atoms in total. The summed E-state index contributed by atoms with van der Waals surface area (Å²) in [7, 11) is 5.72. The van der Waals surface area contributed by atoms with Gasteiger partial charge in [0.05, 0.1) is 17.1 Å². The van der Waals surface area contributed by atoms with Gasteiger partial charge in [-0.2, -0.15) is 0 Å². The highest BCUT2D eigenvalue weighted by molar-refractivity contribution is 6.04. The van der Waals surface area contributed by atoms with Gasteiger partial charge in [0, 0.05) is 36.5 Å². The van der Waals surface area contributed by atoms with E-state index in [9.17, 15) is 9.59 Å². The second kappa shape index (κ2) is 5.71. The molecular formula is C20H23N3O3. The summed E-state index contributed by atoms with van der Waals surface area (Å²) in [4.78, 5) is 27.2. The average Bonchev–Trinajstić information content (AvgIpc) is 2.56. The molecule has 0 saturated carbocycles. The molecule has 26 heavy (non-hydrogen) atoms. The van der Waals surface area contributed by atoms with Gasteiger partial charge in [0.15, 0.2) is 5.75 Å². The van der Waals surface area contributed by atoms with Gasteiger partial charge in [-0.25, -0.2) is 0 Å². The van der Waals surface area contributed by atoms with E-state index >= 15 is 0 Å². The lowest BCUT2D eigenvalue weighted by atomic mass is 10.0. The number of fused-ring (bicyclic) bond motifs is 2. The Bertz CT molecular complexity index is 1170. The van der Waals surface area contributed by atoms with E-state index < -0.39 is 0 Å². The Morgan fingerprint density at radius 3 is 2.31 bits per heavy atom. The fourth-order valence-corrected chi connectivity index (χ4v) is 4.03. The normalized spacial score (nSPS) is 16.5. The van der Waals surface area contributed by atoms with E-state index in [0.717, 1.165) is 32.9 Å². The molecule has 2 aromatic heterocycles. The molecule has 4 rings (SSSR count). The summed E-state index contributed by atoms with van der Waals surface area (Å²) in [6.07, 6.45) is 0. The van der Waals surface area contributed by atoms with Crippen molar-refractivity contribution in [2.24, 2.45) is 7.05 Å². The van der Waals surface area contributed by atoms with Crippen molar-refractivity contribution in [3.05, 3.63) is 50.0 Å². The Kier molecular flexibility index (Phi) is 3.70. The number of aromatic nitrogens is 2. The van der Waals surface area contributed by atoms with Gasteiger partial charge in [-0.15, -0.1) is 0 Å². The minimum Gasteiger partial charge on any atom is -0.487 e. The predicted molar refractivity (Wildman–Crippen MR) is 104 cm³/mol. The number of benzene rings is 1. The summed E-state index contributed by atoms with van der Waals surface area (Å²) in [5.41, 5.74) is 3.28. The van der Waals surface area contributed by atoms with Crippen LogP contribution in [0.3, 0.4) is 0 Å². The molecule has 0 saturated heterocycles. The monoisotopic (exact) mass is 353 g/mol. The lowest BCUT2D eigenvalue weighted by Gasteiger charge is -2.31. The molecule has 136 valence electrons. The van der Waals surface area contributed by atoms with Crippen LogP contribution in [-0.4, -0.2) is 41.3 Å². The zero-order valence-corrected chi connectivity index (χ0v) is 15.8. The van der Waals surface area contributed by atoms with E-state index in [1.54, 1.807) is 23.7 Å². The summed E-state index contributed by atoms with van der Waals surface area (Å²) >= 11 is 0. The molecule has 1 aliphatic rings. The van der Waals surface area contributed by atoms with Crippen LogP contribution in [0.2, 0.25) is 0 Å². The molecule has 1 aromatic carbocycles. The van der Waals surface area contributed by atoms with E-state index in [2.05, 4.69) is 11.0 Å². The minimum absolute atomic E-state index is 0.0246. The first-order chi connectivity index (χ1) is 12.3. The average molecular weight is 353 g/mol. The molecule has 1 aliphatic heterocycles. The van der Waals surface area contributed by atoms with E-state index in [1.807, 2.05) is 32.5 Å². The second-order valence-corrected chi connectivity index (χ2v) is 7.49. The van der Waals surface area contributed by atoms with Gasteiger partial charge < -0.3 is 14.2 Å². The maximum absolute atomic E-state index is 12.8. The van der Waals surface area contributed by atoms with Crippen LogP contribution in [0.1, 0.15) is 17.2 Å². The maximum atomic E-state index is 12.8.